The Morgan fingerprint density at radius 1 is 1.19 bits per heavy atom. The monoisotopic (exact) mass is 307 g/mol. The Morgan fingerprint density at radius 3 is 2.48 bits per heavy atom. The smallest absolute Gasteiger partial charge is 0.165 e. The number of nitrogens with zero attached hydrogens (tertiary/aromatic N) is 3. The van der Waals surface area contributed by atoms with Crippen LogP contribution in [-0.2, 0) is 0 Å². The molecule has 3 rings (SSSR count). The maximum atomic E-state index is 14.1. The molecular weight excluding hydrogens is 296 g/mol. The van der Waals surface area contributed by atoms with Gasteiger partial charge in [0.2, 0.25) is 0 Å². The van der Waals surface area contributed by atoms with E-state index in [1.165, 1.54) is 22.8 Å². The molecule has 0 radical (unpaired) electrons. The predicted molar refractivity (Wildman–Crippen MR) is 77.8 cm³/mol. The van der Waals surface area contributed by atoms with E-state index in [2.05, 4.69) is 9.97 Å². The highest BCUT2D eigenvalue weighted by Gasteiger charge is 2.22. The zero-order chi connectivity index (χ0) is 15.1. The van der Waals surface area contributed by atoms with Crippen molar-refractivity contribution in [1.82, 2.24) is 14.5 Å². The van der Waals surface area contributed by atoms with Crippen molar-refractivity contribution in [3.8, 4) is 5.69 Å². The molecule has 0 saturated carbocycles. The highest BCUT2D eigenvalue weighted by molar-refractivity contribution is 6.20. The van der Waals surface area contributed by atoms with Gasteiger partial charge >= 0.3 is 0 Å². The summed E-state index contributed by atoms with van der Waals surface area (Å²) in [6.45, 7) is 3.56. The van der Waals surface area contributed by atoms with Gasteiger partial charge in [-0.3, -0.25) is 4.57 Å². The van der Waals surface area contributed by atoms with E-state index in [-0.39, 0.29) is 5.69 Å². The minimum Gasteiger partial charge on any atom is -0.274 e. The largest absolute Gasteiger partial charge is 0.274 e. The third kappa shape index (κ3) is 2.17. The van der Waals surface area contributed by atoms with Gasteiger partial charge in [0.25, 0.3) is 0 Å². The van der Waals surface area contributed by atoms with Crippen LogP contribution in [0.3, 0.4) is 0 Å². The van der Waals surface area contributed by atoms with Crippen LogP contribution >= 0.6 is 11.6 Å². The third-order valence-electron chi connectivity index (χ3n) is 3.29. The maximum Gasteiger partial charge on any atom is 0.165 e. The van der Waals surface area contributed by atoms with Crippen LogP contribution in [-0.4, -0.2) is 14.5 Å². The number of fused-ring (bicyclic) bond motifs is 1. The Morgan fingerprint density at radius 2 is 1.86 bits per heavy atom. The van der Waals surface area contributed by atoms with E-state index in [0.717, 1.165) is 5.56 Å². The third-order valence-corrected chi connectivity index (χ3v) is 3.49. The van der Waals surface area contributed by atoms with Crippen molar-refractivity contribution in [3.05, 3.63) is 53.5 Å². The fourth-order valence-corrected chi connectivity index (χ4v) is 2.45. The van der Waals surface area contributed by atoms with Crippen LogP contribution in [0.5, 0.6) is 0 Å². The van der Waals surface area contributed by atoms with Crippen LogP contribution in [0.15, 0.2) is 30.5 Å². The molecule has 0 saturated heterocycles. The van der Waals surface area contributed by atoms with Crippen LogP contribution < -0.4 is 0 Å². The molecule has 3 aromatic rings. The van der Waals surface area contributed by atoms with E-state index >= 15 is 0 Å². The SMILES string of the molecule is Cc1ccnc2c1nc(C(C)Cl)n2-c1c(F)cccc1F. The lowest BCUT2D eigenvalue weighted by molar-refractivity contribution is 0.567. The van der Waals surface area contributed by atoms with Gasteiger partial charge in [-0.05, 0) is 37.6 Å². The predicted octanol–water partition coefficient (Wildman–Crippen LogP) is 4.31. The molecular formula is C15H12ClF2N3. The maximum absolute atomic E-state index is 14.1. The topological polar surface area (TPSA) is 30.7 Å². The molecule has 21 heavy (non-hydrogen) atoms. The molecule has 1 aromatic carbocycles. The molecule has 0 aliphatic heterocycles. The Kier molecular flexibility index (Phi) is 3.37. The van der Waals surface area contributed by atoms with Gasteiger partial charge in [-0.2, -0.15) is 0 Å². The first-order valence-corrected chi connectivity index (χ1v) is 6.86. The molecule has 6 heteroatoms. The summed E-state index contributed by atoms with van der Waals surface area (Å²) < 4.78 is 29.6. The molecule has 0 N–H and O–H groups in total. The van der Waals surface area contributed by atoms with E-state index in [0.29, 0.717) is 17.0 Å². The molecule has 1 unspecified atom stereocenters. The minimum atomic E-state index is -0.684. The van der Waals surface area contributed by atoms with Gasteiger partial charge in [0.1, 0.15) is 28.7 Å². The van der Waals surface area contributed by atoms with Crippen molar-refractivity contribution in [2.45, 2.75) is 19.2 Å². The van der Waals surface area contributed by atoms with Crippen LogP contribution in [0.4, 0.5) is 8.78 Å². The number of para-hydroxylation sites is 1. The lowest BCUT2D eigenvalue weighted by atomic mass is 10.2. The second-order valence-corrected chi connectivity index (χ2v) is 5.45. The van der Waals surface area contributed by atoms with Crippen molar-refractivity contribution < 1.29 is 8.78 Å². The molecule has 1 atom stereocenters. The summed E-state index contributed by atoms with van der Waals surface area (Å²) >= 11 is 6.13. The summed E-state index contributed by atoms with van der Waals surface area (Å²) in [6.07, 6.45) is 1.58. The van der Waals surface area contributed by atoms with Crippen molar-refractivity contribution in [2.24, 2.45) is 0 Å². The van der Waals surface area contributed by atoms with Crippen LogP contribution in [0.2, 0.25) is 0 Å². The van der Waals surface area contributed by atoms with Crippen molar-refractivity contribution in [2.75, 3.05) is 0 Å². The van der Waals surface area contributed by atoms with Crippen LogP contribution in [0.25, 0.3) is 16.9 Å². The van der Waals surface area contributed by atoms with E-state index in [4.69, 9.17) is 11.6 Å². The van der Waals surface area contributed by atoms with Gasteiger partial charge in [0.15, 0.2) is 5.65 Å². The number of benzene rings is 1. The van der Waals surface area contributed by atoms with Gasteiger partial charge < -0.3 is 0 Å². The number of aromatic nitrogens is 3. The molecule has 0 spiro atoms. The number of halogens is 3. The van der Waals surface area contributed by atoms with E-state index in [1.54, 1.807) is 19.2 Å². The first-order chi connectivity index (χ1) is 10.0. The molecule has 0 amide bonds. The number of imidazole rings is 1. The number of pyridine rings is 1. The normalized spacial score (nSPS) is 12.8. The molecule has 2 heterocycles. The van der Waals surface area contributed by atoms with Gasteiger partial charge in [0.05, 0.1) is 5.38 Å². The highest BCUT2D eigenvalue weighted by atomic mass is 35.5. The van der Waals surface area contributed by atoms with Crippen LogP contribution in [0, 0.1) is 18.6 Å². The number of hydrogen-bond donors (Lipinski definition) is 0. The summed E-state index contributed by atoms with van der Waals surface area (Å²) in [7, 11) is 0. The lowest BCUT2D eigenvalue weighted by Gasteiger charge is -2.11. The quantitative estimate of drug-likeness (QED) is 0.661. The summed E-state index contributed by atoms with van der Waals surface area (Å²) in [5.74, 6) is -1.01. The first kappa shape index (κ1) is 13.9. The summed E-state index contributed by atoms with van der Waals surface area (Å²) in [4.78, 5) is 8.62. The summed E-state index contributed by atoms with van der Waals surface area (Å²) in [6, 6.07) is 5.50. The Balaban J connectivity index is 2.46. The molecule has 108 valence electrons. The Bertz CT molecular complexity index is 807. The fraction of sp³-hybridized carbons (Fsp3) is 0.200. The van der Waals surface area contributed by atoms with Crippen molar-refractivity contribution in [1.29, 1.82) is 0 Å². The molecule has 0 aliphatic rings. The second-order valence-electron chi connectivity index (χ2n) is 4.79. The molecule has 0 fully saturated rings. The number of rotatable bonds is 2. The fourth-order valence-electron chi connectivity index (χ4n) is 2.30. The summed E-state index contributed by atoms with van der Waals surface area (Å²) in [5.41, 5.74) is 1.64. The standard InChI is InChI=1S/C15H12ClF2N3/c1-8-6-7-19-15-12(8)20-14(9(2)16)21(15)13-10(17)4-3-5-11(13)18/h3-7,9H,1-2H3. The van der Waals surface area contributed by atoms with Crippen LogP contribution in [0.1, 0.15) is 23.7 Å². The molecule has 2 aromatic heterocycles. The summed E-state index contributed by atoms with van der Waals surface area (Å²) in [5, 5.41) is -0.516. The average molecular weight is 308 g/mol. The first-order valence-electron chi connectivity index (χ1n) is 6.43. The van der Waals surface area contributed by atoms with Gasteiger partial charge in [-0.25, -0.2) is 18.7 Å². The zero-order valence-electron chi connectivity index (χ0n) is 11.4. The van der Waals surface area contributed by atoms with E-state index < -0.39 is 17.0 Å². The van der Waals surface area contributed by atoms with E-state index in [1.807, 2.05) is 6.92 Å². The minimum absolute atomic E-state index is 0.208. The number of hydrogen-bond acceptors (Lipinski definition) is 2. The molecule has 0 bridgehead atoms. The number of alkyl halides is 1. The Labute approximate surface area is 125 Å². The second kappa shape index (κ2) is 5.07. The average Bonchev–Trinajstić information content (AvgIpc) is 2.80. The lowest BCUT2D eigenvalue weighted by Crippen LogP contribution is -2.07. The zero-order valence-corrected chi connectivity index (χ0v) is 12.2. The van der Waals surface area contributed by atoms with Gasteiger partial charge in [-0.1, -0.05) is 6.07 Å². The Hall–Kier alpha value is -2.01. The highest BCUT2D eigenvalue weighted by Crippen LogP contribution is 2.30. The number of aryl methyl sites for hydroxylation is 1. The van der Waals surface area contributed by atoms with E-state index in [9.17, 15) is 8.78 Å². The molecule has 0 aliphatic carbocycles. The van der Waals surface area contributed by atoms with Crippen molar-refractivity contribution >= 4 is 22.8 Å². The van der Waals surface area contributed by atoms with Gasteiger partial charge in [0, 0.05) is 6.20 Å². The van der Waals surface area contributed by atoms with Gasteiger partial charge in [-0.15, -0.1) is 11.6 Å². The molecule has 3 nitrogen and oxygen atoms in total. The van der Waals surface area contributed by atoms with Crippen molar-refractivity contribution in [3.63, 3.8) is 0 Å².